The van der Waals surface area contributed by atoms with Crippen LogP contribution in [0.5, 0.6) is 0 Å². The molecule has 4 nitrogen and oxygen atoms in total. The maximum atomic E-state index is 11.9. The van der Waals surface area contributed by atoms with Crippen LogP contribution in [-0.2, 0) is 19.0 Å². The molecule has 19 heavy (non-hydrogen) atoms. The molecule has 0 N–H and O–H groups in total. The van der Waals surface area contributed by atoms with Crippen LogP contribution in [0.4, 0.5) is 0 Å². The second kappa shape index (κ2) is 4.65. The van der Waals surface area contributed by atoms with Crippen LogP contribution < -0.4 is 0 Å². The zero-order chi connectivity index (χ0) is 14.6. The van der Waals surface area contributed by atoms with Crippen LogP contribution in [0.15, 0.2) is 10.1 Å². The van der Waals surface area contributed by atoms with Crippen molar-refractivity contribution in [2.75, 3.05) is 21.3 Å². The lowest BCUT2D eigenvalue weighted by molar-refractivity contribution is -0.219. The molecule has 0 aromatic heterocycles. The van der Waals surface area contributed by atoms with Crippen molar-refractivity contribution in [1.29, 1.82) is 0 Å². The quantitative estimate of drug-likeness (QED) is 0.446. The van der Waals surface area contributed by atoms with Gasteiger partial charge in [-0.25, -0.2) is 0 Å². The summed E-state index contributed by atoms with van der Waals surface area (Å²) in [6.45, 7) is 0. The molecule has 2 aliphatic carbocycles. The summed E-state index contributed by atoms with van der Waals surface area (Å²) >= 11 is 25.5. The number of esters is 1. The fourth-order valence-electron chi connectivity index (χ4n) is 3.03. The van der Waals surface area contributed by atoms with Crippen LogP contribution in [0, 0.1) is 5.92 Å². The van der Waals surface area contributed by atoms with Gasteiger partial charge in [0.2, 0.25) is 5.79 Å². The standard InChI is InChI=1S/C11H12Cl4O4/c1-17-8(16)5-4-9(14)6(12)7(13)10(5,15)11(9,18-2)19-3/h5H,4H2,1-3H3. The van der Waals surface area contributed by atoms with Gasteiger partial charge in [-0.1, -0.05) is 23.2 Å². The summed E-state index contributed by atoms with van der Waals surface area (Å²) in [7, 11) is 4.00. The molecule has 0 radical (unpaired) electrons. The molecule has 0 aromatic rings. The van der Waals surface area contributed by atoms with Crippen LogP contribution in [0.2, 0.25) is 0 Å². The number of hydrogen-bond donors (Lipinski definition) is 0. The molecule has 3 unspecified atom stereocenters. The van der Waals surface area contributed by atoms with E-state index < -0.39 is 27.4 Å². The molecule has 1 saturated carbocycles. The first-order valence-electron chi connectivity index (χ1n) is 5.39. The summed E-state index contributed by atoms with van der Waals surface area (Å²) in [5.41, 5.74) is 0. The number of alkyl halides is 2. The molecule has 0 aliphatic heterocycles. The van der Waals surface area contributed by atoms with Crippen molar-refractivity contribution in [2.24, 2.45) is 5.92 Å². The van der Waals surface area contributed by atoms with E-state index in [9.17, 15) is 4.79 Å². The highest BCUT2D eigenvalue weighted by molar-refractivity contribution is 6.52. The van der Waals surface area contributed by atoms with Gasteiger partial charge < -0.3 is 14.2 Å². The Bertz CT molecular complexity index is 462. The summed E-state index contributed by atoms with van der Waals surface area (Å²) in [6.07, 6.45) is 0.113. The third-order valence-electron chi connectivity index (χ3n) is 3.89. The summed E-state index contributed by atoms with van der Waals surface area (Å²) in [5.74, 6) is -2.89. The Morgan fingerprint density at radius 1 is 1.16 bits per heavy atom. The fraction of sp³-hybridized carbons (Fsp3) is 0.727. The molecular formula is C11H12Cl4O4. The number of rotatable bonds is 3. The highest BCUT2D eigenvalue weighted by Gasteiger charge is 2.82. The molecule has 1 fully saturated rings. The van der Waals surface area contributed by atoms with Crippen LogP contribution in [0.1, 0.15) is 6.42 Å². The predicted molar refractivity (Wildman–Crippen MR) is 72.8 cm³/mol. The fourth-order valence-corrected chi connectivity index (χ4v) is 5.07. The lowest BCUT2D eigenvalue weighted by Gasteiger charge is -2.40. The molecule has 108 valence electrons. The lowest BCUT2D eigenvalue weighted by atomic mass is 9.91. The van der Waals surface area contributed by atoms with Crippen molar-refractivity contribution in [3.8, 4) is 0 Å². The Kier molecular flexibility index (Phi) is 3.84. The molecule has 0 spiro atoms. The molecule has 0 aromatic carbocycles. The highest BCUT2D eigenvalue weighted by Crippen LogP contribution is 2.71. The van der Waals surface area contributed by atoms with Gasteiger partial charge in [-0.15, -0.1) is 23.2 Å². The molecule has 2 bridgehead atoms. The van der Waals surface area contributed by atoms with Crippen LogP contribution in [-0.4, -0.2) is 42.8 Å². The second-order valence-corrected chi connectivity index (χ2v) is 6.44. The van der Waals surface area contributed by atoms with Crippen molar-refractivity contribution in [3.05, 3.63) is 10.1 Å². The topological polar surface area (TPSA) is 44.8 Å². The lowest BCUT2D eigenvalue weighted by Crippen LogP contribution is -2.57. The molecule has 0 saturated heterocycles. The number of halogens is 4. The maximum Gasteiger partial charge on any atom is 0.311 e. The van der Waals surface area contributed by atoms with E-state index in [0.717, 1.165) is 0 Å². The Morgan fingerprint density at radius 2 is 1.68 bits per heavy atom. The van der Waals surface area contributed by atoms with Gasteiger partial charge in [-0.2, -0.15) is 0 Å². The van der Waals surface area contributed by atoms with E-state index in [1.54, 1.807) is 0 Å². The minimum absolute atomic E-state index is 0.0520. The van der Waals surface area contributed by atoms with Gasteiger partial charge in [0, 0.05) is 14.2 Å². The number of ether oxygens (including phenoxy) is 3. The monoisotopic (exact) mass is 348 g/mol. The molecular weight excluding hydrogens is 338 g/mol. The first-order valence-corrected chi connectivity index (χ1v) is 6.90. The van der Waals surface area contributed by atoms with Gasteiger partial charge in [-0.05, 0) is 6.42 Å². The predicted octanol–water partition coefficient (Wildman–Crippen LogP) is 2.83. The third kappa shape index (κ3) is 1.48. The van der Waals surface area contributed by atoms with E-state index in [-0.39, 0.29) is 16.5 Å². The maximum absolute atomic E-state index is 11.9. The van der Waals surface area contributed by atoms with E-state index in [0.29, 0.717) is 0 Å². The number of hydrogen-bond acceptors (Lipinski definition) is 4. The minimum Gasteiger partial charge on any atom is -0.469 e. The second-order valence-electron chi connectivity index (χ2n) is 4.45. The molecule has 2 rings (SSSR count). The smallest absolute Gasteiger partial charge is 0.311 e. The number of carbonyl (C=O) groups excluding carboxylic acids is 1. The molecule has 0 amide bonds. The average Bonchev–Trinajstić information content (AvgIpc) is 2.69. The SMILES string of the molecule is COC(=O)C1CC2(Cl)C(Cl)=C(Cl)C1(Cl)C2(OC)OC. The number of methoxy groups -OCH3 is 3. The largest absolute Gasteiger partial charge is 0.469 e. The van der Waals surface area contributed by atoms with Crippen molar-refractivity contribution in [1.82, 2.24) is 0 Å². The Labute approximate surface area is 130 Å². The minimum atomic E-state index is -1.53. The van der Waals surface area contributed by atoms with Crippen molar-refractivity contribution < 1.29 is 19.0 Å². The zero-order valence-corrected chi connectivity index (χ0v) is 13.5. The zero-order valence-electron chi connectivity index (χ0n) is 10.4. The average molecular weight is 350 g/mol. The van der Waals surface area contributed by atoms with E-state index in [1.165, 1.54) is 21.3 Å². The van der Waals surface area contributed by atoms with Gasteiger partial charge in [-0.3, -0.25) is 4.79 Å². The van der Waals surface area contributed by atoms with Gasteiger partial charge in [0.15, 0.2) is 4.87 Å². The third-order valence-corrected chi connectivity index (χ3v) is 6.47. The first-order chi connectivity index (χ1) is 8.76. The molecule has 2 aliphatic rings. The Morgan fingerprint density at radius 3 is 2.05 bits per heavy atom. The summed E-state index contributed by atoms with van der Waals surface area (Å²) in [4.78, 5) is 9.09. The van der Waals surface area contributed by atoms with Crippen LogP contribution >= 0.6 is 46.4 Å². The number of fused-ring (bicyclic) bond motifs is 2. The van der Waals surface area contributed by atoms with Crippen molar-refractivity contribution in [3.63, 3.8) is 0 Å². The van der Waals surface area contributed by atoms with Gasteiger partial charge in [0.05, 0.1) is 23.1 Å². The van der Waals surface area contributed by atoms with E-state index in [4.69, 9.17) is 60.6 Å². The summed E-state index contributed by atoms with van der Waals surface area (Å²) in [6, 6.07) is 0. The normalized spacial score (nSPS) is 39.8. The summed E-state index contributed by atoms with van der Waals surface area (Å²) < 4.78 is 15.5. The van der Waals surface area contributed by atoms with E-state index in [1.807, 2.05) is 0 Å². The number of carbonyl (C=O) groups is 1. The van der Waals surface area contributed by atoms with E-state index in [2.05, 4.69) is 0 Å². The molecule has 3 atom stereocenters. The Hall–Kier alpha value is 0.290. The Balaban J connectivity index is 2.68. The first kappa shape index (κ1) is 15.7. The summed E-state index contributed by atoms with van der Waals surface area (Å²) in [5, 5.41) is 0.186. The van der Waals surface area contributed by atoms with Crippen molar-refractivity contribution in [2.45, 2.75) is 22.0 Å². The van der Waals surface area contributed by atoms with Gasteiger partial charge >= 0.3 is 5.97 Å². The van der Waals surface area contributed by atoms with E-state index >= 15 is 0 Å². The molecule has 8 heteroatoms. The molecule has 0 heterocycles. The van der Waals surface area contributed by atoms with Crippen molar-refractivity contribution >= 4 is 52.4 Å². The van der Waals surface area contributed by atoms with Crippen LogP contribution in [0.25, 0.3) is 0 Å². The van der Waals surface area contributed by atoms with Crippen LogP contribution in [0.3, 0.4) is 0 Å². The van der Waals surface area contributed by atoms with Gasteiger partial charge in [0.1, 0.15) is 4.87 Å². The van der Waals surface area contributed by atoms with Gasteiger partial charge in [0.25, 0.3) is 0 Å². The highest BCUT2D eigenvalue weighted by atomic mass is 35.5.